The molecule has 0 heterocycles. The van der Waals surface area contributed by atoms with E-state index in [2.05, 4.69) is 15.8 Å². The maximum Gasteiger partial charge on any atom is 0.271 e. The average molecular weight is 295 g/mol. The second-order valence-electron chi connectivity index (χ2n) is 4.70. The van der Waals surface area contributed by atoms with Crippen molar-refractivity contribution in [3.05, 3.63) is 65.7 Å². The normalized spacial score (nSPS) is 10.4. The van der Waals surface area contributed by atoms with Crippen molar-refractivity contribution >= 4 is 23.7 Å². The predicted octanol–water partition coefficient (Wildman–Crippen LogP) is 2.60. The van der Waals surface area contributed by atoms with Gasteiger partial charge in [0, 0.05) is 30.8 Å². The predicted molar refractivity (Wildman–Crippen MR) is 86.8 cm³/mol. The van der Waals surface area contributed by atoms with Gasteiger partial charge in [0.25, 0.3) is 5.91 Å². The van der Waals surface area contributed by atoms with Gasteiger partial charge < -0.3 is 5.32 Å². The molecule has 2 aromatic rings. The van der Waals surface area contributed by atoms with E-state index in [0.717, 1.165) is 5.56 Å². The summed E-state index contributed by atoms with van der Waals surface area (Å²) in [5.74, 6) is -0.443. The Labute approximate surface area is 129 Å². The van der Waals surface area contributed by atoms with Crippen LogP contribution in [0.2, 0.25) is 0 Å². The highest BCUT2D eigenvalue weighted by atomic mass is 16.2. The molecule has 5 heteroatoms. The van der Waals surface area contributed by atoms with E-state index >= 15 is 0 Å². The number of rotatable bonds is 5. The molecule has 5 nitrogen and oxygen atoms in total. The fourth-order valence-corrected chi connectivity index (χ4v) is 1.84. The van der Waals surface area contributed by atoms with Gasteiger partial charge in [-0.1, -0.05) is 30.3 Å². The summed E-state index contributed by atoms with van der Waals surface area (Å²) in [6, 6.07) is 16.5. The summed E-state index contributed by atoms with van der Waals surface area (Å²) in [7, 11) is 0. The molecule has 0 aliphatic heterocycles. The number of carbonyl (C=O) groups excluding carboxylic acids is 2. The molecule has 0 unspecified atom stereocenters. The van der Waals surface area contributed by atoms with E-state index in [1.54, 1.807) is 30.5 Å². The fraction of sp³-hybridized carbons (Fsp3) is 0.118. The molecule has 2 aromatic carbocycles. The van der Waals surface area contributed by atoms with Crippen LogP contribution >= 0.6 is 0 Å². The third-order valence-corrected chi connectivity index (χ3v) is 2.89. The molecular weight excluding hydrogens is 278 g/mol. The lowest BCUT2D eigenvalue weighted by Gasteiger charge is -2.03. The summed E-state index contributed by atoms with van der Waals surface area (Å²) in [4.78, 5) is 22.8. The number of nitrogens with one attached hydrogen (secondary N) is 2. The number of hydrogen-bond donors (Lipinski definition) is 2. The highest BCUT2D eigenvalue weighted by Crippen LogP contribution is 2.09. The Morgan fingerprint density at radius 3 is 2.36 bits per heavy atom. The quantitative estimate of drug-likeness (QED) is 0.657. The monoisotopic (exact) mass is 295 g/mol. The van der Waals surface area contributed by atoms with Gasteiger partial charge in [0.15, 0.2) is 0 Å². The summed E-state index contributed by atoms with van der Waals surface area (Å²) in [6.07, 6.45) is 2.31. The number of hydrazone groups is 1. The molecular formula is C17H17N3O2. The van der Waals surface area contributed by atoms with Crippen molar-refractivity contribution in [2.75, 3.05) is 5.32 Å². The SMILES string of the molecule is CC(=O)Nc1ccc(C(=O)N/N=C/Cc2ccccc2)cc1. The molecule has 0 saturated heterocycles. The molecule has 112 valence electrons. The molecule has 0 bridgehead atoms. The Balaban J connectivity index is 1.85. The van der Waals surface area contributed by atoms with E-state index in [1.807, 2.05) is 30.3 Å². The molecule has 0 aliphatic rings. The minimum Gasteiger partial charge on any atom is -0.326 e. The van der Waals surface area contributed by atoms with Gasteiger partial charge in [-0.05, 0) is 29.8 Å². The molecule has 0 aliphatic carbocycles. The molecule has 0 spiro atoms. The van der Waals surface area contributed by atoms with Crippen molar-refractivity contribution in [1.29, 1.82) is 0 Å². The van der Waals surface area contributed by atoms with Crippen molar-refractivity contribution in [3.8, 4) is 0 Å². The molecule has 2 N–H and O–H groups in total. The van der Waals surface area contributed by atoms with Gasteiger partial charge in [0.05, 0.1) is 0 Å². The zero-order valence-electron chi connectivity index (χ0n) is 12.2. The van der Waals surface area contributed by atoms with Crippen LogP contribution in [0.15, 0.2) is 59.7 Å². The number of nitrogens with zero attached hydrogens (tertiary/aromatic N) is 1. The first-order valence-electron chi connectivity index (χ1n) is 6.88. The van der Waals surface area contributed by atoms with Gasteiger partial charge in [0.1, 0.15) is 0 Å². The van der Waals surface area contributed by atoms with Gasteiger partial charge >= 0.3 is 0 Å². The number of anilines is 1. The Morgan fingerprint density at radius 2 is 1.73 bits per heavy atom. The minimum absolute atomic E-state index is 0.150. The Kier molecular flexibility index (Phi) is 5.43. The summed E-state index contributed by atoms with van der Waals surface area (Å²) < 4.78 is 0. The van der Waals surface area contributed by atoms with Gasteiger partial charge in [-0.3, -0.25) is 9.59 Å². The van der Waals surface area contributed by atoms with Crippen LogP contribution < -0.4 is 10.7 Å². The summed E-state index contributed by atoms with van der Waals surface area (Å²) in [5, 5.41) is 6.56. The molecule has 2 rings (SSSR count). The van der Waals surface area contributed by atoms with E-state index in [9.17, 15) is 9.59 Å². The lowest BCUT2D eigenvalue weighted by molar-refractivity contribution is -0.114. The lowest BCUT2D eigenvalue weighted by Crippen LogP contribution is -2.17. The largest absolute Gasteiger partial charge is 0.326 e. The third-order valence-electron chi connectivity index (χ3n) is 2.89. The third kappa shape index (κ3) is 4.86. The highest BCUT2D eigenvalue weighted by molar-refractivity contribution is 5.95. The van der Waals surface area contributed by atoms with E-state index in [4.69, 9.17) is 0 Å². The maximum atomic E-state index is 11.9. The van der Waals surface area contributed by atoms with E-state index in [-0.39, 0.29) is 11.8 Å². The number of benzene rings is 2. The molecule has 0 fully saturated rings. The van der Waals surface area contributed by atoms with Gasteiger partial charge in [0.2, 0.25) is 5.91 Å². The Bertz CT molecular complexity index is 664. The van der Waals surface area contributed by atoms with Gasteiger partial charge in [-0.25, -0.2) is 5.43 Å². The fourth-order valence-electron chi connectivity index (χ4n) is 1.84. The first-order chi connectivity index (χ1) is 10.6. The number of hydrogen-bond acceptors (Lipinski definition) is 3. The summed E-state index contributed by atoms with van der Waals surface area (Å²) in [5.41, 5.74) is 4.73. The van der Waals surface area contributed by atoms with Crippen LogP contribution in [-0.2, 0) is 11.2 Å². The molecule has 0 saturated carbocycles. The zero-order chi connectivity index (χ0) is 15.8. The maximum absolute atomic E-state index is 11.9. The van der Waals surface area contributed by atoms with Crippen molar-refractivity contribution in [1.82, 2.24) is 5.43 Å². The molecule has 0 radical (unpaired) electrons. The van der Waals surface area contributed by atoms with Crippen molar-refractivity contribution in [3.63, 3.8) is 0 Å². The first-order valence-corrected chi connectivity index (χ1v) is 6.88. The first kappa shape index (κ1) is 15.4. The summed E-state index contributed by atoms with van der Waals surface area (Å²) >= 11 is 0. The van der Waals surface area contributed by atoms with Crippen LogP contribution in [0.5, 0.6) is 0 Å². The van der Waals surface area contributed by atoms with Crippen LogP contribution in [0, 0.1) is 0 Å². The second kappa shape index (κ2) is 7.73. The summed E-state index contributed by atoms with van der Waals surface area (Å²) in [6.45, 7) is 1.43. The Morgan fingerprint density at radius 1 is 1.05 bits per heavy atom. The Hall–Kier alpha value is -2.95. The smallest absolute Gasteiger partial charge is 0.271 e. The van der Waals surface area contributed by atoms with Gasteiger partial charge in [-0.2, -0.15) is 5.10 Å². The standard InChI is InChI=1S/C17H17N3O2/c1-13(21)19-16-9-7-15(8-10-16)17(22)20-18-12-11-14-5-3-2-4-6-14/h2-10,12H,11H2,1H3,(H,19,21)(H,20,22)/b18-12+. The van der Waals surface area contributed by atoms with E-state index in [0.29, 0.717) is 17.7 Å². The second-order valence-corrected chi connectivity index (χ2v) is 4.70. The van der Waals surface area contributed by atoms with Crippen molar-refractivity contribution in [2.24, 2.45) is 5.10 Å². The zero-order valence-corrected chi connectivity index (χ0v) is 12.2. The van der Waals surface area contributed by atoms with Crippen LogP contribution in [0.4, 0.5) is 5.69 Å². The van der Waals surface area contributed by atoms with Crippen LogP contribution in [0.3, 0.4) is 0 Å². The highest BCUT2D eigenvalue weighted by Gasteiger charge is 2.04. The van der Waals surface area contributed by atoms with Crippen molar-refractivity contribution < 1.29 is 9.59 Å². The van der Waals surface area contributed by atoms with Crippen LogP contribution in [0.25, 0.3) is 0 Å². The van der Waals surface area contributed by atoms with Crippen LogP contribution in [0.1, 0.15) is 22.8 Å². The van der Waals surface area contributed by atoms with Crippen LogP contribution in [-0.4, -0.2) is 18.0 Å². The minimum atomic E-state index is -0.293. The molecule has 2 amide bonds. The molecule has 0 atom stereocenters. The average Bonchev–Trinajstić information content (AvgIpc) is 2.52. The van der Waals surface area contributed by atoms with Crippen molar-refractivity contribution in [2.45, 2.75) is 13.3 Å². The lowest BCUT2D eigenvalue weighted by atomic mass is 10.2. The van der Waals surface area contributed by atoms with E-state index in [1.165, 1.54) is 6.92 Å². The topological polar surface area (TPSA) is 70.6 Å². The number of carbonyl (C=O) groups is 2. The van der Waals surface area contributed by atoms with Gasteiger partial charge in [-0.15, -0.1) is 0 Å². The van der Waals surface area contributed by atoms with E-state index < -0.39 is 0 Å². The number of amides is 2. The molecule has 22 heavy (non-hydrogen) atoms. The molecule has 0 aromatic heterocycles.